The number of rotatable bonds is 7. The summed E-state index contributed by atoms with van der Waals surface area (Å²) in [5, 5.41) is 15.5. The zero-order chi connectivity index (χ0) is 16.1. The Balaban J connectivity index is 2.39. The molecule has 0 aliphatic rings. The highest BCUT2D eigenvalue weighted by atomic mass is 16.3. The first-order chi connectivity index (χ1) is 10.5. The molecule has 0 spiro atoms. The van der Waals surface area contributed by atoms with Gasteiger partial charge in [-0.3, -0.25) is 0 Å². The van der Waals surface area contributed by atoms with Crippen molar-refractivity contribution in [3.05, 3.63) is 6.20 Å². The van der Waals surface area contributed by atoms with E-state index in [-0.39, 0.29) is 0 Å². The summed E-state index contributed by atoms with van der Waals surface area (Å²) in [6, 6.07) is 0. The van der Waals surface area contributed by atoms with Gasteiger partial charge in [0, 0.05) is 27.2 Å². The van der Waals surface area contributed by atoms with E-state index in [2.05, 4.69) is 37.5 Å². The van der Waals surface area contributed by atoms with Gasteiger partial charge in [-0.05, 0) is 13.3 Å². The van der Waals surface area contributed by atoms with Crippen LogP contribution in [0.3, 0.4) is 0 Å². The van der Waals surface area contributed by atoms with Gasteiger partial charge in [-0.15, -0.1) is 0 Å². The van der Waals surface area contributed by atoms with E-state index in [1.807, 2.05) is 19.0 Å². The molecule has 2 rings (SSSR count). The van der Waals surface area contributed by atoms with E-state index >= 15 is 0 Å². The third kappa shape index (κ3) is 3.91. The van der Waals surface area contributed by atoms with Gasteiger partial charge in [0.25, 0.3) is 0 Å². The molecule has 0 aliphatic heterocycles. The molecule has 0 radical (unpaired) electrons. The van der Waals surface area contributed by atoms with Crippen molar-refractivity contribution in [3.8, 4) is 0 Å². The Labute approximate surface area is 130 Å². The summed E-state index contributed by atoms with van der Waals surface area (Å²) in [4.78, 5) is 19.5. The van der Waals surface area contributed by atoms with Crippen molar-refractivity contribution < 1.29 is 5.11 Å². The van der Waals surface area contributed by atoms with Crippen LogP contribution in [0.25, 0.3) is 11.0 Å². The van der Waals surface area contributed by atoms with Crippen molar-refractivity contribution >= 4 is 28.7 Å². The Hall–Kier alpha value is -2.22. The number of hydrogen-bond acceptors (Lipinski definition) is 8. The van der Waals surface area contributed by atoms with Gasteiger partial charge in [-0.2, -0.15) is 4.98 Å². The van der Waals surface area contributed by atoms with Crippen LogP contribution >= 0.6 is 0 Å². The Kier molecular flexibility index (Phi) is 5.26. The normalized spacial score (nSPS) is 12.2. The van der Waals surface area contributed by atoms with E-state index in [1.54, 1.807) is 13.1 Å². The number of aliphatic hydroxyl groups excluding tert-OH is 1. The summed E-state index contributed by atoms with van der Waals surface area (Å²) in [5.41, 5.74) is 1.36. The van der Waals surface area contributed by atoms with Crippen LogP contribution < -0.4 is 15.5 Å². The van der Waals surface area contributed by atoms with Crippen molar-refractivity contribution in [2.75, 3.05) is 42.7 Å². The summed E-state index contributed by atoms with van der Waals surface area (Å²) in [6.07, 6.45) is 2.19. The van der Waals surface area contributed by atoms with Crippen LogP contribution in [0.1, 0.15) is 20.3 Å². The highest BCUT2D eigenvalue weighted by Gasteiger charge is 2.12. The Morgan fingerprint density at radius 1 is 1.18 bits per heavy atom. The van der Waals surface area contributed by atoms with Crippen molar-refractivity contribution in [2.24, 2.45) is 0 Å². The largest absolute Gasteiger partial charge is 0.392 e. The molecule has 0 saturated carbocycles. The number of anilines is 3. The molecule has 0 fully saturated rings. The fourth-order valence-corrected chi connectivity index (χ4v) is 1.87. The van der Waals surface area contributed by atoms with Crippen molar-refractivity contribution in [3.63, 3.8) is 0 Å². The zero-order valence-corrected chi connectivity index (χ0v) is 13.5. The van der Waals surface area contributed by atoms with E-state index in [1.165, 1.54) is 0 Å². The quantitative estimate of drug-likeness (QED) is 0.699. The van der Waals surface area contributed by atoms with Crippen molar-refractivity contribution in [1.29, 1.82) is 0 Å². The first-order valence-electron chi connectivity index (χ1n) is 7.39. The first kappa shape index (κ1) is 16.2. The molecule has 1 unspecified atom stereocenters. The molecule has 22 heavy (non-hydrogen) atoms. The topological polar surface area (TPSA) is 99.1 Å². The van der Waals surface area contributed by atoms with E-state index in [9.17, 15) is 5.11 Å². The lowest BCUT2D eigenvalue weighted by Crippen LogP contribution is -2.18. The van der Waals surface area contributed by atoms with Crippen molar-refractivity contribution in [2.45, 2.75) is 26.4 Å². The number of fused-ring (bicyclic) bond motifs is 1. The Morgan fingerprint density at radius 3 is 2.59 bits per heavy atom. The van der Waals surface area contributed by atoms with Crippen LogP contribution in [0.4, 0.5) is 17.7 Å². The molecule has 0 aliphatic carbocycles. The lowest BCUT2D eigenvalue weighted by atomic mass is 10.4. The molecule has 0 amide bonds. The molecule has 8 nitrogen and oxygen atoms in total. The van der Waals surface area contributed by atoms with Gasteiger partial charge in [0.1, 0.15) is 11.0 Å². The van der Waals surface area contributed by atoms with E-state index in [0.717, 1.165) is 18.8 Å². The zero-order valence-electron chi connectivity index (χ0n) is 13.5. The van der Waals surface area contributed by atoms with Gasteiger partial charge in [0.15, 0.2) is 5.82 Å². The summed E-state index contributed by atoms with van der Waals surface area (Å²) in [5.74, 6) is 1.76. The fraction of sp³-hybridized carbons (Fsp3) is 0.571. The summed E-state index contributed by atoms with van der Waals surface area (Å²) in [6.45, 7) is 4.99. The summed E-state index contributed by atoms with van der Waals surface area (Å²) < 4.78 is 0. The fourth-order valence-electron chi connectivity index (χ4n) is 1.87. The van der Waals surface area contributed by atoms with Gasteiger partial charge in [-0.25, -0.2) is 15.0 Å². The highest BCUT2D eigenvalue weighted by Crippen LogP contribution is 2.22. The predicted molar refractivity (Wildman–Crippen MR) is 88.4 cm³/mol. The SMILES string of the molecule is CCCNc1nc(N(C)C)c2nc(NCC(C)O)ncc2n1. The van der Waals surface area contributed by atoms with Crippen LogP contribution in [-0.4, -0.2) is 58.3 Å². The number of nitrogens with one attached hydrogen (secondary N) is 2. The molecule has 8 heteroatoms. The van der Waals surface area contributed by atoms with E-state index in [0.29, 0.717) is 29.5 Å². The van der Waals surface area contributed by atoms with Crippen molar-refractivity contribution in [1.82, 2.24) is 19.9 Å². The van der Waals surface area contributed by atoms with Crippen LogP contribution in [0, 0.1) is 0 Å². The Morgan fingerprint density at radius 2 is 1.95 bits per heavy atom. The highest BCUT2D eigenvalue weighted by molar-refractivity contribution is 5.86. The molecule has 1 atom stereocenters. The molecule has 0 saturated heterocycles. The third-order valence-electron chi connectivity index (χ3n) is 2.93. The van der Waals surface area contributed by atoms with Gasteiger partial charge in [-0.1, -0.05) is 6.92 Å². The molecule has 3 N–H and O–H groups in total. The molecular weight excluding hydrogens is 282 g/mol. The lowest BCUT2D eigenvalue weighted by molar-refractivity contribution is 0.208. The minimum absolute atomic E-state index is 0.389. The second-order valence-electron chi connectivity index (χ2n) is 5.35. The molecule has 0 bridgehead atoms. The second kappa shape index (κ2) is 7.17. The predicted octanol–water partition coefficient (Wildman–Crippen LogP) is 1.10. The maximum atomic E-state index is 9.33. The minimum atomic E-state index is -0.468. The molecular formula is C14H23N7O. The third-order valence-corrected chi connectivity index (χ3v) is 2.93. The second-order valence-corrected chi connectivity index (χ2v) is 5.35. The van der Waals surface area contributed by atoms with Crippen LogP contribution in [0.2, 0.25) is 0 Å². The average molecular weight is 305 g/mol. The van der Waals surface area contributed by atoms with E-state index in [4.69, 9.17) is 0 Å². The van der Waals surface area contributed by atoms with Gasteiger partial charge in [0.2, 0.25) is 11.9 Å². The number of aliphatic hydroxyl groups is 1. The molecule has 2 heterocycles. The standard InChI is InChI=1S/C14H23N7O/c1-5-6-15-14-18-10-8-17-13(16-7-9(2)22)19-11(10)12(20-14)21(3)4/h8-9,22H,5-7H2,1-4H3,(H,15,18,20)(H,16,17,19). The smallest absolute Gasteiger partial charge is 0.225 e. The van der Waals surface area contributed by atoms with Gasteiger partial charge < -0.3 is 20.6 Å². The lowest BCUT2D eigenvalue weighted by Gasteiger charge is -2.15. The number of aromatic nitrogens is 4. The molecule has 120 valence electrons. The maximum Gasteiger partial charge on any atom is 0.225 e. The summed E-state index contributed by atoms with van der Waals surface area (Å²) >= 11 is 0. The van der Waals surface area contributed by atoms with Crippen LogP contribution in [0.15, 0.2) is 6.20 Å². The molecule has 2 aromatic rings. The van der Waals surface area contributed by atoms with Gasteiger partial charge >= 0.3 is 0 Å². The Bertz CT molecular complexity index is 630. The molecule has 0 aromatic carbocycles. The van der Waals surface area contributed by atoms with Crippen LogP contribution in [0.5, 0.6) is 0 Å². The minimum Gasteiger partial charge on any atom is -0.392 e. The van der Waals surface area contributed by atoms with E-state index < -0.39 is 6.10 Å². The monoisotopic (exact) mass is 305 g/mol. The number of hydrogen-bond donors (Lipinski definition) is 3. The first-order valence-corrected chi connectivity index (χ1v) is 7.39. The summed E-state index contributed by atoms with van der Waals surface area (Å²) in [7, 11) is 3.83. The maximum absolute atomic E-state index is 9.33. The van der Waals surface area contributed by atoms with Gasteiger partial charge in [0.05, 0.1) is 12.3 Å². The van der Waals surface area contributed by atoms with Crippen LogP contribution in [-0.2, 0) is 0 Å². The average Bonchev–Trinajstić information content (AvgIpc) is 2.49. The number of nitrogens with zero attached hydrogens (tertiary/aromatic N) is 5. The molecule has 2 aromatic heterocycles.